The molecule has 35 heavy (non-hydrogen) atoms. The van der Waals surface area contributed by atoms with Gasteiger partial charge in [-0.3, -0.25) is 19.9 Å². The van der Waals surface area contributed by atoms with E-state index in [4.69, 9.17) is 40.3 Å². The average Bonchev–Trinajstić information content (AvgIpc) is 2.75. The SMILES string of the molecule is CC(N=C(N)N)NC(=O)c1ccc(CCCCN=C(N)NC(=O)c2nc(Cl)c(N)nc2N)cc1.Cl. The molecule has 1 heterocycles. The van der Waals surface area contributed by atoms with Gasteiger partial charge in [0.15, 0.2) is 34.4 Å². The summed E-state index contributed by atoms with van der Waals surface area (Å²) in [5.41, 5.74) is 28.8. The van der Waals surface area contributed by atoms with Crippen LogP contribution in [0, 0.1) is 0 Å². The number of aryl methyl sites for hydroxylation is 1. The molecular weight excluding hydrogens is 497 g/mol. The van der Waals surface area contributed by atoms with E-state index in [1.807, 2.05) is 12.1 Å². The maximum Gasteiger partial charge on any atom is 0.280 e. The highest BCUT2D eigenvalue weighted by atomic mass is 35.5. The van der Waals surface area contributed by atoms with Crippen LogP contribution < -0.4 is 39.3 Å². The van der Waals surface area contributed by atoms with Gasteiger partial charge in [-0.05, 0) is 43.9 Å². The van der Waals surface area contributed by atoms with Crippen LogP contribution in [0.25, 0.3) is 0 Å². The van der Waals surface area contributed by atoms with Crippen molar-refractivity contribution in [1.82, 2.24) is 20.6 Å². The Kier molecular flexibility index (Phi) is 11.5. The molecule has 0 aliphatic heterocycles. The zero-order chi connectivity index (χ0) is 25.3. The van der Waals surface area contributed by atoms with E-state index in [9.17, 15) is 9.59 Å². The standard InChI is InChI=1S/C20H28ClN11O2.ClH/c1-10(29-19(24)25)28-17(33)12-7-5-11(6-8-12)4-2-3-9-27-20(26)32-18(34)13-15(22)31-16(23)14(21)30-13;/h5-8,10H,2-4,9H2,1H3,(H,28,33)(H4,22,23,31)(H4,24,25,29)(H3,26,27,32,34);1H. The van der Waals surface area contributed by atoms with Crippen molar-refractivity contribution in [3.8, 4) is 0 Å². The van der Waals surface area contributed by atoms with Gasteiger partial charge in [-0.25, -0.2) is 15.0 Å². The number of rotatable bonds is 9. The molecule has 2 aromatic rings. The summed E-state index contributed by atoms with van der Waals surface area (Å²) in [5.74, 6) is -1.38. The van der Waals surface area contributed by atoms with Crippen molar-refractivity contribution >= 4 is 59.4 Å². The van der Waals surface area contributed by atoms with Crippen molar-refractivity contribution in [3.63, 3.8) is 0 Å². The van der Waals surface area contributed by atoms with E-state index in [0.717, 1.165) is 24.8 Å². The van der Waals surface area contributed by atoms with Gasteiger partial charge in [-0.1, -0.05) is 23.7 Å². The molecule has 0 bridgehead atoms. The fourth-order valence-electron chi connectivity index (χ4n) is 2.82. The summed E-state index contributed by atoms with van der Waals surface area (Å²) in [6.45, 7) is 2.07. The van der Waals surface area contributed by atoms with Crippen LogP contribution >= 0.6 is 24.0 Å². The first kappa shape index (κ1) is 29.2. The minimum atomic E-state index is -0.690. The van der Waals surface area contributed by atoms with Crippen molar-refractivity contribution in [1.29, 1.82) is 0 Å². The molecular formula is C20H29Cl2N11O2. The lowest BCUT2D eigenvalue weighted by Gasteiger charge is -2.10. The molecule has 1 unspecified atom stereocenters. The second kappa shape index (κ2) is 13.8. The van der Waals surface area contributed by atoms with Crippen LogP contribution in [0.3, 0.4) is 0 Å². The lowest BCUT2D eigenvalue weighted by atomic mass is 10.1. The van der Waals surface area contributed by atoms with Gasteiger partial charge in [-0.15, -0.1) is 12.4 Å². The van der Waals surface area contributed by atoms with Gasteiger partial charge in [0.05, 0.1) is 0 Å². The predicted molar refractivity (Wildman–Crippen MR) is 139 cm³/mol. The number of nitrogens with one attached hydrogen (secondary N) is 2. The molecule has 0 saturated heterocycles. The van der Waals surface area contributed by atoms with E-state index in [2.05, 4.69) is 30.6 Å². The number of guanidine groups is 2. The molecule has 0 saturated carbocycles. The Labute approximate surface area is 213 Å². The lowest BCUT2D eigenvalue weighted by molar-refractivity contribution is 0.0939. The molecule has 1 aromatic carbocycles. The Morgan fingerprint density at radius 1 is 1.03 bits per heavy atom. The number of amides is 2. The monoisotopic (exact) mass is 525 g/mol. The summed E-state index contributed by atoms with van der Waals surface area (Å²) in [6, 6.07) is 7.22. The quantitative estimate of drug-likeness (QED) is 0.133. The fourth-order valence-corrected chi connectivity index (χ4v) is 2.94. The summed E-state index contributed by atoms with van der Waals surface area (Å²) >= 11 is 5.77. The van der Waals surface area contributed by atoms with Gasteiger partial charge < -0.3 is 34.0 Å². The minimum Gasteiger partial charge on any atom is -0.382 e. The average molecular weight is 526 g/mol. The molecule has 0 aliphatic carbocycles. The zero-order valence-corrected chi connectivity index (χ0v) is 20.6. The molecule has 12 N–H and O–H groups in total. The molecule has 15 heteroatoms. The number of aromatic nitrogens is 2. The smallest absolute Gasteiger partial charge is 0.280 e. The molecule has 1 atom stereocenters. The summed E-state index contributed by atoms with van der Waals surface area (Å²) < 4.78 is 0. The van der Waals surface area contributed by atoms with E-state index in [0.29, 0.717) is 12.1 Å². The van der Waals surface area contributed by atoms with E-state index in [1.54, 1.807) is 19.1 Å². The number of hydrogen-bond donors (Lipinski definition) is 7. The minimum absolute atomic E-state index is 0. The van der Waals surface area contributed by atoms with Gasteiger partial charge in [0.25, 0.3) is 11.8 Å². The number of hydrogen-bond acceptors (Lipinski definition) is 8. The third-order valence-electron chi connectivity index (χ3n) is 4.42. The highest BCUT2D eigenvalue weighted by Gasteiger charge is 2.16. The molecule has 0 radical (unpaired) electrons. The molecule has 0 aliphatic rings. The van der Waals surface area contributed by atoms with Crippen LogP contribution in [-0.4, -0.2) is 46.4 Å². The number of carbonyl (C=O) groups is 2. The van der Waals surface area contributed by atoms with Crippen LogP contribution in [0.2, 0.25) is 5.15 Å². The van der Waals surface area contributed by atoms with E-state index in [-0.39, 0.29) is 52.7 Å². The number of nitrogens with two attached hydrogens (primary N) is 5. The Morgan fingerprint density at radius 3 is 2.31 bits per heavy atom. The molecule has 0 spiro atoms. The van der Waals surface area contributed by atoms with Crippen LogP contribution in [-0.2, 0) is 6.42 Å². The largest absolute Gasteiger partial charge is 0.382 e. The van der Waals surface area contributed by atoms with Crippen molar-refractivity contribution in [2.24, 2.45) is 27.2 Å². The van der Waals surface area contributed by atoms with Gasteiger partial charge in [0.2, 0.25) is 0 Å². The highest BCUT2D eigenvalue weighted by Crippen LogP contribution is 2.17. The summed E-state index contributed by atoms with van der Waals surface area (Å²) in [5, 5.41) is 4.92. The van der Waals surface area contributed by atoms with Crippen LogP contribution in [0.5, 0.6) is 0 Å². The molecule has 2 rings (SSSR count). The second-order valence-electron chi connectivity index (χ2n) is 7.21. The number of nitrogen functional groups attached to an aromatic ring is 2. The molecule has 1 aromatic heterocycles. The third kappa shape index (κ3) is 9.51. The van der Waals surface area contributed by atoms with Crippen molar-refractivity contribution in [3.05, 3.63) is 46.2 Å². The topological polar surface area (TPSA) is 239 Å². The maximum absolute atomic E-state index is 12.2. The second-order valence-corrected chi connectivity index (χ2v) is 7.57. The van der Waals surface area contributed by atoms with Crippen LogP contribution in [0.15, 0.2) is 34.3 Å². The predicted octanol–water partition coefficient (Wildman–Crippen LogP) is 0.133. The number of benzene rings is 1. The van der Waals surface area contributed by atoms with Gasteiger partial charge in [0, 0.05) is 12.1 Å². The lowest BCUT2D eigenvalue weighted by Crippen LogP contribution is -2.38. The number of nitrogens with zero attached hydrogens (tertiary/aromatic N) is 4. The number of aliphatic imine (C=N–C) groups is 2. The van der Waals surface area contributed by atoms with Gasteiger partial charge in [0.1, 0.15) is 6.17 Å². The summed E-state index contributed by atoms with van der Waals surface area (Å²) in [6.07, 6.45) is 1.81. The highest BCUT2D eigenvalue weighted by molar-refractivity contribution is 6.31. The number of carbonyl (C=O) groups excluding carboxylic acids is 2. The number of anilines is 2. The number of halogens is 2. The molecule has 190 valence electrons. The Hall–Kier alpha value is -3.84. The van der Waals surface area contributed by atoms with E-state index in [1.165, 1.54) is 0 Å². The third-order valence-corrected chi connectivity index (χ3v) is 4.69. The first-order valence-electron chi connectivity index (χ1n) is 10.2. The van der Waals surface area contributed by atoms with Crippen molar-refractivity contribution in [2.45, 2.75) is 32.4 Å². The summed E-state index contributed by atoms with van der Waals surface area (Å²) in [4.78, 5) is 39.9. The van der Waals surface area contributed by atoms with Crippen LogP contribution in [0.4, 0.5) is 11.6 Å². The summed E-state index contributed by atoms with van der Waals surface area (Å²) in [7, 11) is 0. The van der Waals surface area contributed by atoms with E-state index < -0.39 is 12.1 Å². The maximum atomic E-state index is 12.2. The van der Waals surface area contributed by atoms with Gasteiger partial charge in [-0.2, -0.15) is 0 Å². The zero-order valence-electron chi connectivity index (χ0n) is 19.0. The Balaban J connectivity index is 0.00000612. The van der Waals surface area contributed by atoms with Gasteiger partial charge >= 0.3 is 0 Å². The first-order valence-corrected chi connectivity index (χ1v) is 10.6. The Bertz CT molecular complexity index is 1090. The van der Waals surface area contributed by atoms with Crippen molar-refractivity contribution in [2.75, 3.05) is 18.0 Å². The van der Waals surface area contributed by atoms with Crippen molar-refractivity contribution < 1.29 is 9.59 Å². The molecule has 2 amide bonds. The molecule has 0 fully saturated rings. The first-order chi connectivity index (χ1) is 16.1. The Morgan fingerprint density at radius 2 is 1.69 bits per heavy atom. The normalized spacial score (nSPS) is 11.7. The molecule has 13 nitrogen and oxygen atoms in total. The van der Waals surface area contributed by atoms with E-state index >= 15 is 0 Å². The van der Waals surface area contributed by atoms with Crippen LogP contribution in [0.1, 0.15) is 46.2 Å². The number of unbranched alkanes of at least 4 members (excludes halogenated alkanes) is 1. The fraction of sp³-hybridized carbons (Fsp3) is 0.300.